The molecule has 0 aromatic heterocycles. The smallest absolute Gasteiger partial charge is 0.243 e. The fourth-order valence-electron chi connectivity index (χ4n) is 2.74. The number of β-amino-alcohol motifs (C(OH)–C–C–N with tert-alkyl or cyclic N) is 1. The number of aliphatic imine (C=N–C) groups is 1. The molecule has 0 saturated carbocycles. The third kappa shape index (κ3) is 6.30. The Labute approximate surface area is 179 Å². The fraction of sp³-hybridized carbons (Fsp3) is 0.611. The van der Waals surface area contributed by atoms with Gasteiger partial charge in [-0.2, -0.15) is 4.31 Å². The molecule has 27 heavy (non-hydrogen) atoms. The van der Waals surface area contributed by atoms with E-state index in [1.807, 2.05) is 25.7 Å². The standard InChI is InChI=1S/C18H30N4O3S.HI/c1-5-19-18(22-11-10-16(23)13-22)20-12-15-6-8-17(9-7-15)26(24,25)21(4)14(2)3;/h6-9,14,16,23H,5,10-13H2,1-4H3,(H,19,20);1H/t16-;/m1./s1. The summed E-state index contributed by atoms with van der Waals surface area (Å²) in [4.78, 5) is 6.95. The molecule has 1 aromatic rings. The van der Waals surface area contributed by atoms with E-state index in [-0.39, 0.29) is 41.0 Å². The van der Waals surface area contributed by atoms with Crippen molar-refractivity contribution in [3.05, 3.63) is 29.8 Å². The Morgan fingerprint density at radius 3 is 2.48 bits per heavy atom. The summed E-state index contributed by atoms with van der Waals surface area (Å²) < 4.78 is 26.4. The number of aliphatic hydroxyl groups is 1. The molecule has 1 atom stereocenters. The van der Waals surface area contributed by atoms with E-state index in [1.165, 1.54) is 4.31 Å². The summed E-state index contributed by atoms with van der Waals surface area (Å²) in [6.45, 7) is 8.28. The average molecular weight is 510 g/mol. The van der Waals surface area contributed by atoms with Gasteiger partial charge in [0.2, 0.25) is 10.0 Å². The first-order valence-electron chi connectivity index (χ1n) is 9.04. The molecule has 0 amide bonds. The van der Waals surface area contributed by atoms with Crippen LogP contribution in [-0.4, -0.2) is 67.5 Å². The van der Waals surface area contributed by atoms with E-state index in [9.17, 15) is 13.5 Å². The number of benzene rings is 1. The molecule has 1 aromatic carbocycles. The molecule has 9 heteroatoms. The summed E-state index contributed by atoms with van der Waals surface area (Å²) in [6.07, 6.45) is 0.446. The van der Waals surface area contributed by atoms with Crippen LogP contribution in [0.5, 0.6) is 0 Å². The molecular weight excluding hydrogens is 479 g/mol. The second kappa shape index (κ2) is 10.6. The van der Waals surface area contributed by atoms with Crippen LogP contribution in [0, 0.1) is 0 Å². The number of halogens is 1. The topological polar surface area (TPSA) is 85.2 Å². The highest BCUT2D eigenvalue weighted by Crippen LogP contribution is 2.17. The molecule has 1 heterocycles. The van der Waals surface area contributed by atoms with Crippen LogP contribution in [-0.2, 0) is 16.6 Å². The maximum Gasteiger partial charge on any atom is 0.243 e. The normalized spacial score (nSPS) is 18.1. The Morgan fingerprint density at radius 1 is 1.37 bits per heavy atom. The van der Waals surface area contributed by atoms with E-state index in [0.29, 0.717) is 13.1 Å². The summed E-state index contributed by atoms with van der Waals surface area (Å²) in [6, 6.07) is 6.76. The Kier molecular flexibility index (Phi) is 9.46. The van der Waals surface area contributed by atoms with Gasteiger partial charge in [-0.3, -0.25) is 0 Å². The largest absolute Gasteiger partial charge is 0.391 e. The minimum atomic E-state index is -3.46. The molecule has 0 unspecified atom stereocenters. The Morgan fingerprint density at radius 2 is 2.00 bits per heavy atom. The Balaban J connectivity index is 0.00000364. The maximum atomic E-state index is 12.5. The van der Waals surface area contributed by atoms with Gasteiger partial charge >= 0.3 is 0 Å². The Bertz CT molecular complexity index is 723. The van der Waals surface area contributed by atoms with E-state index in [4.69, 9.17) is 0 Å². The van der Waals surface area contributed by atoms with Crippen molar-refractivity contribution in [1.82, 2.24) is 14.5 Å². The summed E-state index contributed by atoms with van der Waals surface area (Å²) in [5.74, 6) is 0.778. The lowest BCUT2D eigenvalue weighted by Gasteiger charge is -2.21. The summed E-state index contributed by atoms with van der Waals surface area (Å²) in [7, 11) is -1.88. The number of nitrogens with one attached hydrogen (secondary N) is 1. The highest BCUT2D eigenvalue weighted by Gasteiger charge is 2.24. The predicted molar refractivity (Wildman–Crippen MR) is 119 cm³/mol. The molecule has 1 aliphatic heterocycles. The number of hydrogen-bond donors (Lipinski definition) is 2. The van der Waals surface area contributed by atoms with Crippen molar-refractivity contribution < 1.29 is 13.5 Å². The van der Waals surface area contributed by atoms with Gasteiger partial charge in [-0.25, -0.2) is 13.4 Å². The molecule has 2 N–H and O–H groups in total. The van der Waals surface area contributed by atoms with Gasteiger partial charge in [0.25, 0.3) is 0 Å². The lowest BCUT2D eigenvalue weighted by molar-refractivity contribution is 0.188. The van der Waals surface area contributed by atoms with Crippen LogP contribution in [0.25, 0.3) is 0 Å². The highest BCUT2D eigenvalue weighted by molar-refractivity contribution is 14.0. The quantitative estimate of drug-likeness (QED) is 0.347. The maximum absolute atomic E-state index is 12.5. The van der Waals surface area contributed by atoms with Crippen LogP contribution in [0.1, 0.15) is 32.8 Å². The number of rotatable bonds is 6. The van der Waals surface area contributed by atoms with Crippen molar-refractivity contribution >= 4 is 40.0 Å². The van der Waals surface area contributed by atoms with Gasteiger partial charge in [-0.15, -0.1) is 24.0 Å². The van der Waals surface area contributed by atoms with E-state index in [2.05, 4.69) is 10.3 Å². The molecule has 0 aliphatic carbocycles. The molecule has 2 rings (SSSR count). The van der Waals surface area contributed by atoms with Gasteiger partial charge in [0.15, 0.2) is 5.96 Å². The lowest BCUT2D eigenvalue weighted by Crippen LogP contribution is -2.40. The first kappa shape index (κ1) is 24.1. The van der Waals surface area contributed by atoms with Crippen molar-refractivity contribution in [1.29, 1.82) is 0 Å². The molecule has 0 spiro atoms. The van der Waals surface area contributed by atoms with Crippen molar-refractivity contribution in [2.75, 3.05) is 26.7 Å². The fourth-order valence-corrected chi connectivity index (χ4v) is 4.10. The molecule has 0 bridgehead atoms. The third-order valence-electron chi connectivity index (χ3n) is 4.54. The third-order valence-corrected chi connectivity index (χ3v) is 6.58. The SMILES string of the molecule is CCNC(=NCc1ccc(S(=O)(=O)N(C)C(C)C)cc1)N1CC[C@@H](O)C1.I. The van der Waals surface area contributed by atoms with Gasteiger partial charge in [-0.1, -0.05) is 12.1 Å². The van der Waals surface area contributed by atoms with Crippen LogP contribution in [0.15, 0.2) is 34.2 Å². The second-order valence-corrected chi connectivity index (χ2v) is 8.82. The average Bonchev–Trinajstić information content (AvgIpc) is 3.04. The number of nitrogens with zero attached hydrogens (tertiary/aromatic N) is 3. The zero-order valence-electron chi connectivity index (χ0n) is 16.4. The van der Waals surface area contributed by atoms with Crippen LogP contribution in [0.3, 0.4) is 0 Å². The van der Waals surface area contributed by atoms with Gasteiger partial charge < -0.3 is 15.3 Å². The minimum Gasteiger partial charge on any atom is -0.391 e. The van der Waals surface area contributed by atoms with Crippen LogP contribution < -0.4 is 5.32 Å². The Hall–Kier alpha value is -0.910. The zero-order chi connectivity index (χ0) is 19.3. The van der Waals surface area contributed by atoms with Crippen LogP contribution >= 0.6 is 24.0 Å². The monoisotopic (exact) mass is 510 g/mol. The van der Waals surface area contributed by atoms with Crippen LogP contribution in [0.4, 0.5) is 0 Å². The van der Waals surface area contributed by atoms with E-state index in [1.54, 1.807) is 31.3 Å². The van der Waals surface area contributed by atoms with Gasteiger partial charge in [0.05, 0.1) is 17.5 Å². The van der Waals surface area contributed by atoms with Crippen molar-refractivity contribution in [3.8, 4) is 0 Å². The number of hydrogen-bond acceptors (Lipinski definition) is 4. The molecule has 1 aliphatic rings. The number of sulfonamides is 1. The number of likely N-dealkylation sites (tertiary alicyclic amines) is 1. The first-order valence-corrected chi connectivity index (χ1v) is 10.5. The molecular formula is C18H31IN4O3S. The second-order valence-electron chi connectivity index (χ2n) is 6.82. The predicted octanol–water partition coefficient (Wildman–Crippen LogP) is 1.87. The van der Waals surface area contributed by atoms with Crippen molar-refractivity contribution in [3.63, 3.8) is 0 Å². The molecule has 7 nitrogen and oxygen atoms in total. The summed E-state index contributed by atoms with van der Waals surface area (Å²) >= 11 is 0. The molecule has 1 saturated heterocycles. The number of guanidine groups is 1. The van der Waals surface area contributed by atoms with Crippen molar-refractivity contribution in [2.45, 2.75) is 50.8 Å². The molecule has 1 fully saturated rings. The van der Waals surface area contributed by atoms with Gasteiger partial charge in [-0.05, 0) is 44.9 Å². The van der Waals surface area contributed by atoms with Gasteiger partial charge in [0, 0.05) is 32.7 Å². The molecule has 0 radical (unpaired) electrons. The zero-order valence-corrected chi connectivity index (χ0v) is 19.6. The van der Waals surface area contributed by atoms with E-state index < -0.39 is 10.0 Å². The van der Waals surface area contributed by atoms with Crippen LogP contribution in [0.2, 0.25) is 0 Å². The molecule has 154 valence electrons. The summed E-state index contributed by atoms with van der Waals surface area (Å²) in [5.41, 5.74) is 0.936. The first-order chi connectivity index (χ1) is 12.3. The van der Waals surface area contributed by atoms with E-state index in [0.717, 1.165) is 31.0 Å². The minimum absolute atomic E-state index is 0. The lowest BCUT2D eigenvalue weighted by atomic mass is 10.2. The van der Waals surface area contributed by atoms with Crippen molar-refractivity contribution in [2.24, 2.45) is 4.99 Å². The summed E-state index contributed by atoms with van der Waals surface area (Å²) in [5, 5.41) is 12.9. The number of aliphatic hydroxyl groups excluding tert-OH is 1. The van der Waals surface area contributed by atoms with E-state index >= 15 is 0 Å². The van der Waals surface area contributed by atoms with Gasteiger partial charge in [0.1, 0.15) is 0 Å². The highest BCUT2D eigenvalue weighted by atomic mass is 127.